The number of rotatable bonds is 2. The number of halogens is 1. The molecule has 0 radical (unpaired) electrons. The molecule has 1 amide bonds. The molecule has 0 spiro atoms. The first-order valence-corrected chi connectivity index (χ1v) is 8.28. The van der Waals surface area contributed by atoms with Crippen molar-refractivity contribution >= 4 is 17.7 Å². The highest BCUT2D eigenvalue weighted by Crippen LogP contribution is 2.26. The van der Waals surface area contributed by atoms with Crippen LogP contribution < -0.4 is 4.74 Å². The Hall–Kier alpha value is -1.56. The van der Waals surface area contributed by atoms with Gasteiger partial charge in [0, 0.05) is 12.5 Å². The number of nitrogens with zero attached hydrogens (tertiary/aromatic N) is 3. The molecule has 1 aromatic heterocycles. The normalized spacial score (nSPS) is 22.4. The van der Waals surface area contributed by atoms with Gasteiger partial charge in [0.1, 0.15) is 5.60 Å². The number of carbonyl (C=O) groups excluding carboxylic acids is 1. The zero-order valence-electron chi connectivity index (χ0n) is 14.1. The van der Waals surface area contributed by atoms with Gasteiger partial charge < -0.3 is 9.47 Å². The maximum absolute atomic E-state index is 12.5. The van der Waals surface area contributed by atoms with Crippen molar-refractivity contribution in [1.29, 1.82) is 0 Å². The van der Waals surface area contributed by atoms with Crippen LogP contribution in [0.2, 0.25) is 5.15 Å². The number of amides is 1. The first-order chi connectivity index (χ1) is 10.8. The lowest BCUT2D eigenvalue weighted by Gasteiger charge is -2.34. The minimum Gasteiger partial charge on any atom is -0.452 e. The van der Waals surface area contributed by atoms with Gasteiger partial charge in [-0.2, -0.15) is 4.98 Å². The van der Waals surface area contributed by atoms with Gasteiger partial charge in [-0.15, -0.1) is 0 Å². The van der Waals surface area contributed by atoms with E-state index in [1.807, 2.05) is 20.8 Å². The summed E-state index contributed by atoms with van der Waals surface area (Å²) in [6.45, 7) is 8.21. The first-order valence-electron chi connectivity index (χ1n) is 7.90. The number of carbonyl (C=O) groups is 1. The Morgan fingerprint density at radius 2 is 2.09 bits per heavy atom. The number of ether oxygens (including phenoxy) is 2. The molecule has 23 heavy (non-hydrogen) atoms. The average molecular weight is 342 g/mol. The van der Waals surface area contributed by atoms with Crippen molar-refractivity contribution in [3.8, 4) is 5.88 Å². The molecule has 0 aliphatic carbocycles. The molecule has 2 unspecified atom stereocenters. The highest BCUT2D eigenvalue weighted by Gasteiger charge is 2.35. The van der Waals surface area contributed by atoms with Crippen LogP contribution in [-0.4, -0.2) is 39.3 Å². The fourth-order valence-electron chi connectivity index (χ4n) is 2.53. The van der Waals surface area contributed by atoms with Crippen LogP contribution in [-0.2, 0) is 4.74 Å². The van der Waals surface area contributed by atoms with Crippen LogP contribution in [0.1, 0.15) is 47.0 Å². The molecule has 0 saturated carbocycles. The van der Waals surface area contributed by atoms with Gasteiger partial charge in [-0.1, -0.05) is 24.9 Å². The van der Waals surface area contributed by atoms with Gasteiger partial charge >= 0.3 is 6.09 Å². The molecular weight excluding hydrogens is 318 g/mol. The molecule has 0 bridgehead atoms. The highest BCUT2D eigenvalue weighted by molar-refractivity contribution is 6.29. The van der Waals surface area contributed by atoms with Gasteiger partial charge in [0.2, 0.25) is 5.88 Å². The van der Waals surface area contributed by atoms with E-state index in [4.69, 9.17) is 21.1 Å². The third-order valence-electron chi connectivity index (χ3n) is 3.55. The quantitative estimate of drug-likeness (QED) is 0.816. The molecule has 128 valence electrons. The summed E-state index contributed by atoms with van der Waals surface area (Å²) in [4.78, 5) is 22.3. The summed E-state index contributed by atoms with van der Waals surface area (Å²) in [5.74, 6) is 0.468. The number of aromatic nitrogens is 2. The van der Waals surface area contributed by atoms with E-state index in [1.54, 1.807) is 4.90 Å². The second-order valence-corrected chi connectivity index (χ2v) is 7.22. The van der Waals surface area contributed by atoms with Gasteiger partial charge in [-0.05, 0) is 33.6 Å². The lowest BCUT2D eigenvalue weighted by atomic mass is 10.0. The lowest BCUT2D eigenvalue weighted by molar-refractivity contribution is -0.0364. The van der Waals surface area contributed by atoms with Crippen LogP contribution in [0.25, 0.3) is 0 Å². The fraction of sp³-hybridized carbons (Fsp3) is 0.688. The average Bonchev–Trinajstić information content (AvgIpc) is 2.60. The first kappa shape index (κ1) is 17.8. The van der Waals surface area contributed by atoms with Crippen molar-refractivity contribution in [3.63, 3.8) is 0 Å². The van der Waals surface area contributed by atoms with Gasteiger partial charge in [0.25, 0.3) is 0 Å². The molecule has 1 aliphatic rings. The largest absolute Gasteiger partial charge is 0.452 e. The van der Waals surface area contributed by atoms with E-state index in [0.29, 0.717) is 12.4 Å². The van der Waals surface area contributed by atoms with Crippen molar-refractivity contribution < 1.29 is 14.3 Å². The molecule has 2 atom stereocenters. The van der Waals surface area contributed by atoms with Crippen LogP contribution in [0, 0.1) is 5.92 Å². The van der Waals surface area contributed by atoms with Crippen LogP contribution in [0.15, 0.2) is 12.4 Å². The van der Waals surface area contributed by atoms with Gasteiger partial charge in [-0.25, -0.2) is 4.79 Å². The van der Waals surface area contributed by atoms with Crippen molar-refractivity contribution in [2.24, 2.45) is 5.92 Å². The lowest BCUT2D eigenvalue weighted by Crippen LogP contribution is -2.48. The van der Waals surface area contributed by atoms with Crippen molar-refractivity contribution in [1.82, 2.24) is 14.9 Å². The van der Waals surface area contributed by atoms with Gasteiger partial charge in [0.15, 0.2) is 11.4 Å². The highest BCUT2D eigenvalue weighted by atomic mass is 35.5. The molecule has 0 aromatic carbocycles. The fourth-order valence-corrected chi connectivity index (χ4v) is 2.67. The van der Waals surface area contributed by atoms with E-state index < -0.39 is 11.8 Å². The van der Waals surface area contributed by atoms with Crippen LogP contribution in [0.3, 0.4) is 0 Å². The van der Waals surface area contributed by atoms with E-state index in [1.165, 1.54) is 12.4 Å². The zero-order valence-corrected chi connectivity index (χ0v) is 14.8. The zero-order chi connectivity index (χ0) is 17.0. The summed E-state index contributed by atoms with van der Waals surface area (Å²) in [6, 6.07) is 0. The summed E-state index contributed by atoms with van der Waals surface area (Å²) in [7, 11) is 0. The molecular formula is C16H24ClN3O3. The Balaban J connectivity index is 2.20. The summed E-state index contributed by atoms with van der Waals surface area (Å²) < 4.78 is 11.5. The third-order valence-corrected chi connectivity index (χ3v) is 3.74. The van der Waals surface area contributed by atoms with Crippen molar-refractivity contribution in [2.75, 3.05) is 6.54 Å². The maximum atomic E-state index is 12.5. The molecule has 1 fully saturated rings. The Morgan fingerprint density at radius 3 is 2.74 bits per heavy atom. The van der Waals surface area contributed by atoms with E-state index in [2.05, 4.69) is 16.9 Å². The third kappa shape index (κ3) is 5.23. The van der Waals surface area contributed by atoms with Crippen LogP contribution >= 0.6 is 11.6 Å². The van der Waals surface area contributed by atoms with Crippen LogP contribution in [0.4, 0.5) is 4.79 Å². The predicted octanol–water partition coefficient (Wildman–Crippen LogP) is 3.89. The number of hydrogen-bond acceptors (Lipinski definition) is 5. The minimum atomic E-state index is -0.549. The topological polar surface area (TPSA) is 64.6 Å². The Kier molecular flexibility index (Phi) is 5.68. The maximum Gasteiger partial charge on any atom is 0.413 e. The van der Waals surface area contributed by atoms with Crippen LogP contribution in [0.5, 0.6) is 5.88 Å². The summed E-state index contributed by atoms with van der Waals surface area (Å²) in [5.41, 5.74) is -0.549. The second-order valence-electron chi connectivity index (χ2n) is 6.84. The SMILES string of the molecule is CC1CCCCN(C(=O)OC(C)(C)C)C1Oc1cncc(Cl)n1. The van der Waals surface area contributed by atoms with Gasteiger partial charge in [-0.3, -0.25) is 9.88 Å². The Bertz CT molecular complexity index is 548. The summed E-state index contributed by atoms with van der Waals surface area (Å²) in [5, 5.41) is 0.257. The summed E-state index contributed by atoms with van der Waals surface area (Å²) >= 11 is 5.86. The monoisotopic (exact) mass is 341 g/mol. The molecule has 1 aliphatic heterocycles. The van der Waals surface area contributed by atoms with E-state index >= 15 is 0 Å². The second kappa shape index (κ2) is 7.34. The molecule has 1 aromatic rings. The van der Waals surface area contributed by atoms with E-state index in [9.17, 15) is 4.79 Å². The smallest absolute Gasteiger partial charge is 0.413 e. The molecule has 2 rings (SSSR count). The van der Waals surface area contributed by atoms with Crippen molar-refractivity contribution in [3.05, 3.63) is 17.5 Å². The minimum absolute atomic E-state index is 0.158. The molecule has 6 nitrogen and oxygen atoms in total. The predicted molar refractivity (Wildman–Crippen MR) is 87.4 cm³/mol. The number of likely N-dealkylation sites (tertiary alicyclic amines) is 1. The molecule has 0 N–H and O–H groups in total. The molecule has 1 saturated heterocycles. The molecule has 2 heterocycles. The Labute approximate surface area is 142 Å². The molecule has 7 heteroatoms. The van der Waals surface area contributed by atoms with E-state index in [0.717, 1.165) is 19.3 Å². The van der Waals surface area contributed by atoms with E-state index in [-0.39, 0.29) is 17.2 Å². The number of hydrogen-bond donors (Lipinski definition) is 0. The van der Waals surface area contributed by atoms with Gasteiger partial charge in [0.05, 0.1) is 12.4 Å². The standard InChI is InChI=1S/C16H24ClN3O3/c1-11-7-5-6-8-20(15(21)23-16(2,3)4)14(11)22-13-10-18-9-12(17)19-13/h9-11,14H,5-8H2,1-4H3. The summed E-state index contributed by atoms with van der Waals surface area (Å²) in [6.07, 6.45) is 5.06. The van der Waals surface area contributed by atoms with Crippen molar-refractivity contribution in [2.45, 2.75) is 58.8 Å². The Morgan fingerprint density at radius 1 is 1.35 bits per heavy atom.